The molecule has 2 N–H and O–H groups in total. The zero-order chi connectivity index (χ0) is 20.5. The summed E-state index contributed by atoms with van der Waals surface area (Å²) in [6.45, 7) is 10.5. The van der Waals surface area contributed by atoms with Gasteiger partial charge in [0.15, 0.2) is 5.96 Å². The van der Waals surface area contributed by atoms with E-state index in [1.807, 2.05) is 37.3 Å². The lowest BCUT2D eigenvalue weighted by Crippen LogP contribution is -2.52. The lowest BCUT2D eigenvalue weighted by atomic mass is 10.1. The van der Waals surface area contributed by atoms with Gasteiger partial charge in [0, 0.05) is 57.4 Å². The smallest absolute Gasteiger partial charge is 0.251 e. The average Bonchev–Trinajstić information content (AvgIpc) is 3.25. The predicted molar refractivity (Wildman–Crippen MR) is 128 cm³/mol. The fourth-order valence-electron chi connectivity index (χ4n) is 3.33. The molecule has 1 aromatic heterocycles. The van der Waals surface area contributed by atoms with Crippen molar-refractivity contribution in [3.05, 3.63) is 53.4 Å². The number of halogens is 1. The Morgan fingerprint density at radius 2 is 1.90 bits per heavy atom. The largest absolute Gasteiger partial charge is 0.364 e. The maximum absolute atomic E-state index is 12.0. The topological polar surface area (TPSA) is 86.0 Å². The van der Waals surface area contributed by atoms with Gasteiger partial charge in [0.2, 0.25) is 0 Å². The number of aromatic nitrogens is 1. The van der Waals surface area contributed by atoms with E-state index in [1.165, 1.54) is 0 Å². The molecule has 1 amide bonds. The molecule has 30 heavy (non-hydrogen) atoms. The van der Waals surface area contributed by atoms with Crippen LogP contribution >= 0.6 is 24.0 Å². The lowest BCUT2D eigenvalue weighted by molar-refractivity contribution is 0.0955. The van der Waals surface area contributed by atoms with Gasteiger partial charge in [0.25, 0.3) is 5.91 Å². The molecule has 3 rings (SSSR count). The summed E-state index contributed by atoms with van der Waals surface area (Å²) in [5.74, 6) is 0.866. The average molecular weight is 526 g/mol. The third-order valence-corrected chi connectivity index (χ3v) is 4.82. The third-order valence-electron chi connectivity index (χ3n) is 4.82. The highest BCUT2D eigenvalue weighted by Crippen LogP contribution is 2.10. The second-order valence-electron chi connectivity index (χ2n) is 6.98. The molecule has 0 bridgehead atoms. The van der Waals surface area contributed by atoms with Crippen LogP contribution in [-0.4, -0.2) is 66.1 Å². The Morgan fingerprint density at radius 3 is 2.57 bits per heavy atom. The van der Waals surface area contributed by atoms with Crippen LogP contribution in [0.4, 0.5) is 0 Å². The zero-order valence-electron chi connectivity index (χ0n) is 17.6. The van der Waals surface area contributed by atoms with E-state index in [1.54, 1.807) is 6.26 Å². The number of guanidine groups is 1. The zero-order valence-corrected chi connectivity index (χ0v) is 20.0. The molecule has 1 fully saturated rings. The third kappa shape index (κ3) is 6.98. The summed E-state index contributed by atoms with van der Waals surface area (Å²) < 4.78 is 4.92. The Hall–Kier alpha value is -2.14. The van der Waals surface area contributed by atoms with Crippen molar-refractivity contribution in [3.8, 4) is 0 Å². The normalized spacial score (nSPS) is 14.9. The van der Waals surface area contributed by atoms with E-state index in [4.69, 9.17) is 9.52 Å². The van der Waals surface area contributed by atoms with Crippen LogP contribution < -0.4 is 10.6 Å². The molecule has 0 spiro atoms. The van der Waals surface area contributed by atoms with E-state index in [2.05, 4.69) is 32.5 Å². The van der Waals surface area contributed by atoms with Gasteiger partial charge in [-0.15, -0.1) is 24.0 Å². The van der Waals surface area contributed by atoms with Crippen molar-refractivity contribution in [2.45, 2.75) is 26.9 Å². The van der Waals surface area contributed by atoms with E-state index in [9.17, 15) is 4.79 Å². The summed E-state index contributed by atoms with van der Waals surface area (Å²) in [5.41, 5.74) is 2.66. The van der Waals surface area contributed by atoms with Crippen molar-refractivity contribution in [1.29, 1.82) is 0 Å². The number of nitrogens with one attached hydrogen (secondary N) is 2. The van der Waals surface area contributed by atoms with E-state index >= 15 is 0 Å². The van der Waals surface area contributed by atoms with E-state index in [-0.39, 0.29) is 29.9 Å². The summed E-state index contributed by atoms with van der Waals surface area (Å²) >= 11 is 0. The first-order valence-corrected chi connectivity index (χ1v) is 10.2. The second kappa shape index (κ2) is 12.5. The van der Waals surface area contributed by atoms with Crippen molar-refractivity contribution in [1.82, 2.24) is 25.6 Å². The second-order valence-corrected chi connectivity index (χ2v) is 6.98. The molecule has 1 aliphatic heterocycles. The Labute approximate surface area is 195 Å². The maximum Gasteiger partial charge on any atom is 0.251 e. The fourth-order valence-corrected chi connectivity index (χ4v) is 3.33. The molecule has 0 unspecified atom stereocenters. The molecule has 8 nitrogen and oxygen atoms in total. The molecule has 2 aromatic rings. The van der Waals surface area contributed by atoms with Crippen molar-refractivity contribution >= 4 is 35.8 Å². The minimum atomic E-state index is -0.0477. The molecule has 2 heterocycles. The SMILES string of the molecule is CCNC(=O)c1cccc(CN=C(NCC)N2CCN(Cc3ccon3)CC2)c1.I. The number of benzene rings is 1. The van der Waals surface area contributed by atoms with Crippen LogP contribution in [0.15, 0.2) is 46.1 Å². The number of piperazine rings is 1. The monoisotopic (exact) mass is 526 g/mol. The summed E-state index contributed by atoms with van der Waals surface area (Å²) in [7, 11) is 0. The van der Waals surface area contributed by atoms with Gasteiger partial charge in [-0.2, -0.15) is 0 Å². The Morgan fingerprint density at radius 1 is 1.13 bits per heavy atom. The van der Waals surface area contributed by atoms with Crippen molar-refractivity contribution in [3.63, 3.8) is 0 Å². The molecular formula is C21H31IN6O2. The maximum atomic E-state index is 12.0. The first-order valence-electron chi connectivity index (χ1n) is 10.2. The minimum absolute atomic E-state index is 0. The lowest BCUT2D eigenvalue weighted by Gasteiger charge is -2.36. The molecule has 1 aromatic carbocycles. The summed E-state index contributed by atoms with van der Waals surface area (Å²) in [6, 6.07) is 9.56. The first-order chi connectivity index (χ1) is 14.2. The Bertz CT molecular complexity index is 804. The molecule has 1 saturated heterocycles. The van der Waals surface area contributed by atoms with Gasteiger partial charge in [0.05, 0.1) is 12.2 Å². The molecule has 9 heteroatoms. The van der Waals surface area contributed by atoms with Gasteiger partial charge < -0.3 is 20.1 Å². The van der Waals surface area contributed by atoms with Gasteiger partial charge in [0.1, 0.15) is 6.26 Å². The molecular weight excluding hydrogens is 495 g/mol. The van der Waals surface area contributed by atoms with E-state index < -0.39 is 0 Å². The highest BCUT2D eigenvalue weighted by molar-refractivity contribution is 14.0. The highest BCUT2D eigenvalue weighted by atomic mass is 127. The van der Waals surface area contributed by atoms with Crippen LogP contribution in [0.25, 0.3) is 0 Å². The van der Waals surface area contributed by atoms with Gasteiger partial charge in [-0.3, -0.25) is 9.69 Å². The van der Waals surface area contributed by atoms with Crippen molar-refractivity contribution in [2.75, 3.05) is 39.3 Å². The Balaban J connectivity index is 0.00000320. The number of hydrogen-bond acceptors (Lipinski definition) is 5. The number of nitrogens with zero attached hydrogens (tertiary/aromatic N) is 4. The number of carbonyl (C=O) groups excluding carboxylic acids is 1. The fraction of sp³-hybridized carbons (Fsp3) is 0.476. The number of hydrogen-bond donors (Lipinski definition) is 2. The highest BCUT2D eigenvalue weighted by Gasteiger charge is 2.20. The van der Waals surface area contributed by atoms with Gasteiger partial charge in [-0.05, 0) is 31.5 Å². The van der Waals surface area contributed by atoms with Crippen LogP contribution in [0.5, 0.6) is 0 Å². The molecule has 0 atom stereocenters. The van der Waals surface area contributed by atoms with Gasteiger partial charge >= 0.3 is 0 Å². The number of amides is 1. The molecule has 0 saturated carbocycles. The predicted octanol–water partition coefficient (Wildman–Crippen LogP) is 2.33. The van der Waals surface area contributed by atoms with Crippen LogP contribution in [0.3, 0.4) is 0 Å². The number of aliphatic imine (C=N–C) groups is 1. The quantitative estimate of drug-likeness (QED) is 0.328. The standard InChI is InChI=1S/C21H30N6O2.HI/c1-3-22-20(28)18-7-5-6-17(14-18)15-24-21(23-4-2)27-11-9-26(10-12-27)16-19-8-13-29-25-19;/h5-8,13-14H,3-4,9-12,15-16H2,1-2H3,(H,22,28)(H,23,24);1H. The van der Waals surface area contributed by atoms with Crippen molar-refractivity contribution < 1.29 is 9.32 Å². The molecule has 164 valence electrons. The first kappa shape index (κ1) is 24.1. The van der Waals surface area contributed by atoms with Crippen LogP contribution in [-0.2, 0) is 13.1 Å². The Kier molecular flexibility index (Phi) is 10.1. The summed E-state index contributed by atoms with van der Waals surface area (Å²) in [4.78, 5) is 21.5. The van der Waals surface area contributed by atoms with Crippen LogP contribution in [0.2, 0.25) is 0 Å². The van der Waals surface area contributed by atoms with Crippen LogP contribution in [0.1, 0.15) is 35.5 Å². The van der Waals surface area contributed by atoms with Crippen LogP contribution in [0, 0.1) is 0 Å². The van der Waals surface area contributed by atoms with E-state index in [0.29, 0.717) is 18.7 Å². The van der Waals surface area contributed by atoms with Crippen molar-refractivity contribution in [2.24, 2.45) is 4.99 Å². The minimum Gasteiger partial charge on any atom is -0.364 e. The number of carbonyl (C=O) groups is 1. The van der Waals surface area contributed by atoms with Gasteiger partial charge in [-0.1, -0.05) is 17.3 Å². The molecule has 0 aliphatic carbocycles. The summed E-state index contributed by atoms with van der Waals surface area (Å²) in [6.07, 6.45) is 1.61. The number of rotatable bonds is 7. The molecule has 0 radical (unpaired) electrons. The van der Waals surface area contributed by atoms with Gasteiger partial charge in [-0.25, -0.2) is 4.99 Å². The molecule has 1 aliphatic rings. The van der Waals surface area contributed by atoms with E-state index in [0.717, 1.165) is 56.5 Å². The summed E-state index contributed by atoms with van der Waals surface area (Å²) in [5, 5.41) is 10.2.